The summed E-state index contributed by atoms with van der Waals surface area (Å²) in [7, 11) is 3.50. The largest absolute Gasteiger partial charge is 0.353 e. The summed E-state index contributed by atoms with van der Waals surface area (Å²) in [6.45, 7) is 11.0. The number of hydrogen-bond donors (Lipinski definition) is 1. The fraction of sp³-hybridized carbons (Fsp3) is 0.733. The number of aliphatic imine (C=N–C) groups is 1. The van der Waals surface area contributed by atoms with Crippen LogP contribution in [-0.4, -0.2) is 72.9 Å². The van der Waals surface area contributed by atoms with E-state index in [1.54, 1.807) is 19.0 Å². The molecule has 1 rings (SSSR count). The Morgan fingerprint density at radius 1 is 1.57 bits per heavy atom. The summed E-state index contributed by atoms with van der Waals surface area (Å²) in [6.07, 6.45) is 1.81. The van der Waals surface area contributed by atoms with Gasteiger partial charge in [-0.1, -0.05) is 19.9 Å². The van der Waals surface area contributed by atoms with Gasteiger partial charge in [-0.3, -0.25) is 4.79 Å². The van der Waals surface area contributed by atoms with E-state index in [0.29, 0.717) is 17.7 Å². The van der Waals surface area contributed by atoms with Gasteiger partial charge in [-0.15, -0.1) is 6.58 Å². The quantitative estimate of drug-likeness (QED) is 0.472. The number of nitrogens with zero attached hydrogens (tertiary/aromatic N) is 3. The second-order valence-corrected chi connectivity index (χ2v) is 7.04. The van der Waals surface area contributed by atoms with Gasteiger partial charge in [0.05, 0.1) is 0 Å². The van der Waals surface area contributed by atoms with Crippen molar-refractivity contribution in [2.45, 2.75) is 19.1 Å². The molecule has 1 N–H and O–H groups in total. The molecule has 0 aromatic rings. The highest BCUT2D eigenvalue weighted by Crippen LogP contribution is 2.24. The fourth-order valence-corrected chi connectivity index (χ4v) is 3.29. The lowest BCUT2D eigenvalue weighted by Crippen LogP contribution is -2.49. The number of likely N-dealkylation sites (N-methyl/N-ethyl adjacent to an activating group) is 1. The predicted octanol–water partition coefficient (Wildman–Crippen LogP) is 1.28. The van der Waals surface area contributed by atoms with Gasteiger partial charge in [0.2, 0.25) is 5.91 Å². The normalized spacial score (nSPS) is 19.6. The van der Waals surface area contributed by atoms with Gasteiger partial charge in [-0.25, -0.2) is 4.99 Å². The number of carbonyl (C=O) groups is 1. The van der Waals surface area contributed by atoms with Crippen LogP contribution in [0.5, 0.6) is 0 Å². The highest BCUT2D eigenvalue weighted by Gasteiger charge is 2.25. The van der Waals surface area contributed by atoms with Crippen molar-refractivity contribution in [2.24, 2.45) is 10.9 Å². The summed E-state index contributed by atoms with van der Waals surface area (Å²) in [6, 6.07) is 0. The van der Waals surface area contributed by atoms with Crippen LogP contribution >= 0.6 is 11.8 Å². The average molecular weight is 312 g/mol. The maximum absolute atomic E-state index is 11.7. The minimum Gasteiger partial charge on any atom is -0.353 e. The Balaban J connectivity index is 2.73. The first kappa shape index (κ1) is 17.9. The summed E-state index contributed by atoms with van der Waals surface area (Å²) < 4.78 is 0. The molecular formula is C15H28N4OS. The molecule has 1 aliphatic heterocycles. The van der Waals surface area contributed by atoms with Crippen LogP contribution < -0.4 is 5.32 Å². The van der Waals surface area contributed by atoms with Crippen molar-refractivity contribution in [2.75, 3.05) is 46.0 Å². The van der Waals surface area contributed by atoms with Crippen LogP contribution in [0.1, 0.15) is 13.8 Å². The van der Waals surface area contributed by atoms with E-state index in [1.165, 1.54) is 0 Å². The van der Waals surface area contributed by atoms with E-state index in [0.717, 1.165) is 24.8 Å². The molecule has 0 aliphatic carbocycles. The Hall–Kier alpha value is -1.17. The third kappa shape index (κ3) is 5.99. The number of rotatable bonds is 5. The summed E-state index contributed by atoms with van der Waals surface area (Å²) in [5.41, 5.74) is 0. The first-order chi connectivity index (χ1) is 9.95. The third-order valence-electron chi connectivity index (χ3n) is 3.40. The minimum atomic E-state index is 0.0136. The van der Waals surface area contributed by atoms with Gasteiger partial charge in [0, 0.05) is 44.7 Å². The van der Waals surface area contributed by atoms with Gasteiger partial charge in [0.15, 0.2) is 5.96 Å². The molecule has 0 saturated carbocycles. The molecule has 21 heavy (non-hydrogen) atoms. The number of amides is 1. The summed E-state index contributed by atoms with van der Waals surface area (Å²) >= 11 is 2.03. The molecular weight excluding hydrogens is 284 g/mol. The summed E-state index contributed by atoms with van der Waals surface area (Å²) in [4.78, 5) is 20.0. The molecule has 1 saturated heterocycles. The van der Waals surface area contributed by atoms with Crippen molar-refractivity contribution < 1.29 is 4.79 Å². The van der Waals surface area contributed by atoms with E-state index in [1.807, 2.05) is 17.8 Å². The van der Waals surface area contributed by atoms with Gasteiger partial charge >= 0.3 is 0 Å². The van der Waals surface area contributed by atoms with Crippen molar-refractivity contribution in [3.05, 3.63) is 12.7 Å². The molecule has 0 bridgehead atoms. The van der Waals surface area contributed by atoms with Crippen LogP contribution in [0, 0.1) is 5.92 Å². The molecule has 1 atom stereocenters. The number of guanidine groups is 1. The molecule has 1 amide bonds. The van der Waals surface area contributed by atoms with E-state index in [-0.39, 0.29) is 12.5 Å². The van der Waals surface area contributed by atoms with Crippen molar-refractivity contribution in [3.8, 4) is 0 Å². The summed E-state index contributed by atoms with van der Waals surface area (Å²) in [5, 5.41) is 3.88. The van der Waals surface area contributed by atoms with Gasteiger partial charge in [-0.05, 0) is 5.92 Å². The Labute approximate surface area is 132 Å². The van der Waals surface area contributed by atoms with E-state index in [2.05, 4.69) is 35.6 Å². The van der Waals surface area contributed by atoms with Crippen molar-refractivity contribution in [1.29, 1.82) is 0 Å². The number of carbonyl (C=O) groups excluding carboxylic acids is 1. The molecule has 0 radical (unpaired) electrons. The molecule has 1 fully saturated rings. The number of hydrogen-bond acceptors (Lipinski definition) is 3. The second kappa shape index (κ2) is 8.97. The molecule has 0 aromatic heterocycles. The maximum atomic E-state index is 11.7. The van der Waals surface area contributed by atoms with Crippen LogP contribution in [0.4, 0.5) is 0 Å². The maximum Gasteiger partial charge on any atom is 0.243 e. The molecule has 6 heteroatoms. The molecule has 120 valence electrons. The van der Waals surface area contributed by atoms with Crippen molar-refractivity contribution in [1.82, 2.24) is 15.1 Å². The van der Waals surface area contributed by atoms with Crippen molar-refractivity contribution >= 4 is 23.6 Å². The first-order valence-corrected chi connectivity index (χ1v) is 8.46. The lowest BCUT2D eigenvalue weighted by molar-refractivity contribution is -0.127. The van der Waals surface area contributed by atoms with Crippen molar-refractivity contribution in [3.63, 3.8) is 0 Å². The molecule has 5 nitrogen and oxygen atoms in total. The second-order valence-electron chi connectivity index (χ2n) is 5.70. The zero-order chi connectivity index (χ0) is 15.8. The third-order valence-corrected chi connectivity index (χ3v) is 4.94. The van der Waals surface area contributed by atoms with E-state index >= 15 is 0 Å². The number of thioether (sulfide) groups is 1. The molecule has 1 aliphatic rings. The smallest absolute Gasteiger partial charge is 0.243 e. The Morgan fingerprint density at radius 2 is 2.29 bits per heavy atom. The fourth-order valence-electron chi connectivity index (χ4n) is 1.99. The molecule has 1 unspecified atom stereocenters. The topological polar surface area (TPSA) is 47.9 Å². The van der Waals surface area contributed by atoms with Crippen LogP contribution in [0.3, 0.4) is 0 Å². The Bertz CT molecular complexity index is 382. The lowest BCUT2D eigenvalue weighted by Gasteiger charge is -2.36. The van der Waals surface area contributed by atoms with Crippen LogP contribution in [0.2, 0.25) is 0 Å². The highest BCUT2D eigenvalue weighted by molar-refractivity contribution is 8.00. The van der Waals surface area contributed by atoms with Crippen LogP contribution in [0.25, 0.3) is 0 Å². The van der Waals surface area contributed by atoms with E-state index < -0.39 is 0 Å². The zero-order valence-electron chi connectivity index (χ0n) is 13.6. The zero-order valence-corrected chi connectivity index (χ0v) is 14.4. The first-order valence-electron chi connectivity index (χ1n) is 7.41. The Kier molecular flexibility index (Phi) is 7.64. The van der Waals surface area contributed by atoms with E-state index in [9.17, 15) is 4.79 Å². The van der Waals surface area contributed by atoms with Gasteiger partial charge in [-0.2, -0.15) is 11.8 Å². The average Bonchev–Trinajstić information content (AvgIpc) is 2.47. The number of nitrogens with one attached hydrogen (secondary N) is 1. The Morgan fingerprint density at radius 3 is 2.86 bits per heavy atom. The highest BCUT2D eigenvalue weighted by atomic mass is 32.2. The van der Waals surface area contributed by atoms with Gasteiger partial charge < -0.3 is 15.1 Å². The minimum absolute atomic E-state index is 0.0136. The van der Waals surface area contributed by atoms with Gasteiger partial charge in [0.25, 0.3) is 0 Å². The predicted molar refractivity (Wildman–Crippen MR) is 91.9 cm³/mol. The molecule has 0 aromatic carbocycles. The SMILES string of the molecule is C=CCNC(=NCC(=O)N(C)C)N1CCSC(C(C)C)C1. The molecule has 1 heterocycles. The monoisotopic (exact) mass is 312 g/mol. The van der Waals surface area contributed by atoms with Crippen LogP contribution in [-0.2, 0) is 4.79 Å². The summed E-state index contributed by atoms with van der Waals surface area (Å²) in [5.74, 6) is 2.57. The van der Waals surface area contributed by atoms with E-state index in [4.69, 9.17) is 0 Å². The van der Waals surface area contributed by atoms with Crippen LogP contribution in [0.15, 0.2) is 17.6 Å². The lowest BCUT2D eigenvalue weighted by atomic mass is 10.1. The molecule has 0 spiro atoms. The standard InChI is InChI=1S/C15H28N4OS/c1-6-7-16-15(17-10-14(20)18(4)5)19-8-9-21-13(11-19)12(2)3/h6,12-13H,1,7-11H2,2-5H3,(H,16,17). The van der Waals surface area contributed by atoms with Gasteiger partial charge in [0.1, 0.15) is 6.54 Å².